The van der Waals surface area contributed by atoms with Gasteiger partial charge in [-0.2, -0.15) is 4.31 Å². The second-order valence-electron chi connectivity index (χ2n) is 6.89. The third kappa shape index (κ3) is 3.99. The third-order valence-corrected chi connectivity index (χ3v) is 6.97. The molecule has 3 rings (SSSR count). The SMILES string of the molecule is CN(CCO)C(=O)CCc1nc2cc(S(=O)(=O)N3CCCC3)ccc2n1C. The van der Waals surface area contributed by atoms with Crippen molar-refractivity contribution in [1.29, 1.82) is 0 Å². The van der Waals surface area contributed by atoms with Crippen molar-refractivity contribution in [3.8, 4) is 0 Å². The Labute approximate surface area is 159 Å². The van der Waals surface area contributed by atoms with Gasteiger partial charge in [0.25, 0.3) is 0 Å². The molecule has 2 heterocycles. The maximum atomic E-state index is 12.7. The van der Waals surface area contributed by atoms with Gasteiger partial charge in [-0.05, 0) is 31.0 Å². The van der Waals surface area contributed by atoms with Crippen LogP contribution in [0.5, 0.6) is 0 Å². The van der Waals surface area contributed by atoms with Crippen LogP contribution >= 0.6 is 0 Å². The van der Waals surface area contributed by atoms with Gasteiger partial charge in [0.1, 0.15) is 5.82 Å². The topological polar surface area (TPSA) is 95.7 Å². The summed E-state index contributed by atoms with van der Waals surface area (Å²) in [4.78, 5) is 18.4. The number of carbonyl (C=O) groups excluding carboxylic acids is 1. The van der Waals surface area contributed by atoms with E-state index in [9.17, 15) is 13.2 Å². The largest absolute Gasteiger partial charge is 0.395 e. The lowest BCUT2D eigenvalue weighted by Crippen LogP contribution is -2.29. The molecular weight excluding hydrogens is 368 g/mol. The van der Waals surface area contributed by atoms with Gasteiger partial charge in [-0.1, -0.05) is 0 Å². The smallest absolute Gasteiger partial charge is 0.243 e. The second kappa shape index (κ2) is 7.95. The Morgan fingerprint density at radius 1 is 1.30 bits per heavy atom. The van der Waals surface area contributed by atoms with Gasteiger partial charge < -0.3 is 14.6 Å². The summed E-state index contributed by atoms with van der Waals surface area (Å²) < 4.78 is 28.9. The highest BCUT2D eigenvalue weighted by atomic mass is 32.2. The quantitative estimate of drug-likeness (QED) is 0.747. The first-order chi connectivity index (χ1) is 12.8. The van der Waals surface area contributed by atoms with E-state index in [0.29, 0.717) is 31.6 Å². The molecule has 0 unspecified atom stereocenters. The van der Waals surface area contributed by atoms with E-state index in [1.54, 1.807) is 25.2 Å². The van der Waals surface area contributed by atoms with Crippen molar-refractivity contribution in [2.45, 2.75) is 30.6 Å². The number of aromatic nitrogens is 2. The van der Waals surface area contributed by atoms with E-state index in [2.05, 4.69) is 4.98 Å². The van der Waals surface area contributed by atoms with E-state index in [0.717, 1.165) is 24.2 Å². The fourth-order valence-electron chi connectivity index (χ4n) is 3.38. The summed E-state index contributed by atoms with van der Waals surface area (Å²) in [7, 11) is 0.0406. The number of fused-ring (bicyclic) bond motifs is 1. The van der Waals surface area contributed by atoms with Crippen LogP contribution in [-0.4, -0.2) is 71.5 Å². The minimum atomic E-state index is -3.48. The standard InChI is InChI=1S/C18H26N4O4S/c1-20(11-12-23)18(24)8-7-17-19-15-13-14(5-6-16(15)21(17)2)27(25,26)22-9-3-4-10-22/h5-6,13,23H,3-4,7-12H2,1-2H3. The summed E-state index contributed by atoms with van der Waals surface area (Å²) in [6.45, 7) is 1.37. The number of likely N-dealkylation sites (N-methyl/N-ethyl adjacent to an activating group) is 1. The Bertz CT molecular complexity index is 932. The number of benzene rings is 1. The van der Waals surface area contributed by atoms with E-state index >= 15 is 0 Å². The maximum absolute atomic E-state index is 12.7. The Morgan fingerprint density at radius 2 is 2.00 bits per heavy atom. The molecule has 0 spiro atoms. The zero-order valence-electron chi connectivity index (χ0n) is 15.8. The molecule has 0 aliphatic carbocycles. The van der Waals surface area contributed by atoms with Crippen LogP contribution in [0.2, 0.25) is 0 Å². The van der Waals surface area contributed by atoms with Crippen LogP contribution in [0.3, 0.4) is 0 Å². The number of carbonyl (C=O) groups is 1. The van der Waals surface area contributed by atoms with Crippen molar-refractivity contribution in [3.05, 3.63) is 24.0 Å². The predicted octanol–water partition coefficient (Wildman–Crippen LogP) is 0.741. The molecule has 8 nitrogen and oxygen atoms in total. The minimum absolute atomic E-state index is 0.0617. The van der Waals surface area contributed by atoms with Crippen molar-refractivity contribution >= 4 is 27.0 Å². The summed E-state index contributed by atoms with van der Waals surface area (Å²) in [6, 6.07) is 5.02. The van der Waals surface area contributed by atoms with Crippen molar-refractivity contribution in [2.75, 3.05) is 33.3 Å². The van der Waals surface area contributed by atoms with E-state index in [1.165, 1.54) is 9.21 Å². The molecule has 9 heteroatoms. The summed E-state index contributed by atoms with van der Waals surface area (Å²) >= 11 is 0. The Kier molecular flexibility index (Phi) is 5.83. The second-order valence-corrected chi connectivity index (χ2v) is 8.83. The van der Waals surface area contributed by atoms with Gasteiger partial charge in [-0.25, -0.2) is 13.4 Å². The molecule has 1 aliphatic heterocycles. The lowest BCUT2D eigenvalue weighted by atomic mass is 10.2. The molecule has 1 saturated heterocycles. The molecule has 2 aromatic rings. The number of aliphatic hydroxyl groups excluding tert-OH is 1. The van der Waals surface area contributed by atoms with Crippen LogP contribution in [0, 0.1) is 0 Å². The normalized spacial score (nSPS) is 15.5. The molecule has 0 atom stereocenters. The monoisotopic (exact) mass is 394 g/mol. The molecule has 0 radical (unpaired) electrons. The first-order valence-corrected chi connectivity index (χ1v) is 10.6. The number of hydrogen-bond acceptors (Lipinski definition) is 5. The van der Waals surface area contributed by atoms with E-state index in [-0.39, 0.29) is 23.8 Å². The van der Waals surface area contributed by atoms with Crippen LogP contribution in [-0.2, 0) is 28.3 Å². The summed E-state index contributed by atoms with van der Waals surface area (Å²) in [6.07, 6.45) is 2.53. The average Bonchev–Trinajstić information content (AvgIpc) is 3.29. The molecule has 148 valence electrons. The molecule has 1 amide bonds. The summed E-state index contributed by atoms with van der Waals surface area (Å²) in [5.41, 5.74) is 1.45. The Morgan fingerprint density at radius 3 is 2.67 bits per heavy atom. The molecule has 1 N–H and O–H groups in total. The molecule has 1 fully saturated rings. The van der Waals surface area contributed by atoms with Gasteiger partial charge in [-0.3, -0.25) is 4.79 Å². The summed E-state index contributed by atoms with van der Waals surface area (Å²) in [5, 5.41) is 8.92. The first kappa shape index (κ1) is 19.8. The number of aryl methyl sites for hydroxylation is 2. The highest BCUT2D eigenvalue weighted by molar-refractivity contribution is 7.89. The molecule has 1 aromatic carbocycles. The first-order valence-electron chi connectivity index (χ1n) is 9.15. The zero-order valence-corrected chi connectivity index (χ0v) is 16.6. The van der Waals surface area contributed by atoms with E-state index < -0.39 is 10.0 Å². The highest BCUT2D eigenvalue weighted by Crippen LogP contribution is 2.25. The lowest BCUT2D eigenvalue weighted by molar-refractivity contribution is -0.130. The molecule has 1 aliphatic rings. The summed E-state index contributed by atoms with van der Waals surface area (Å²) in [5.74, 6) is 0.667. The number of amides is 1. The Hall–Kier alpha value is -1.97. The Balaban J connectivity index is 1.81. The van der Waals surface area contributed by atoms with Crippen LogP contribution < -0.4 is 0 Å². The van der Waals surface area contributed by atoms with Crippen LogP contribution in [0.25, 0.3) is 11.0 Å². The van der Waals surface area contributed by atoms with Crippen molar-refractivity contribution < 1.29 is 18.3 Å². The van der Waals surface area contributed by atoms with E-state index in [4.69, 9.17) is 5.11 Å². The van der Waals surface area contributed by atoms with Crippen LogP contribution in [0.4, 0.5) is 0 Å². The average molecular weight is 394 g/mol. The number of imidazole rings is 1. The third-order valence-electron chi connectivity index (χ3n) is 5.07. The van der Waals surface area contributed by atoms with Crippen molar-refractivity contribution in [3.63, 3.8) is 0 Å². The lowest BCUT2D eigenvalue weighted by Gasteiger charge is -2.15. The fourth-order valence-corrected chi connectivity index (χ4v) is 4.91. The molecule has 27 heavy (non-hydrogen) atoms. The van der Waals surface area contributed by atoms with Crippen molar-refractivity contribution in [2.24, 2.45) is 7.05 Å². The van der Waals surface area contributed by atoms with Gasteiger partial charge in [0, 0.05) is 46.6 Å². The van der Waals surface area contributed by atoms with Gasteiger partial charge in [-0.15, -0.1) is 0 Å². The van der Waals surface area contributed by atoms with Crippen LogP contribution in [0.15, 0.2) is 23.1 Å². The zero-order chi connectivity index (χ0) is 19.6. The molecule has 0 bridgehead atoms. The van der Waals surface area contributed by atoms with Gasteiger partial charge >= 0.3 is 0 Å². The van der Waals surface area contributed by atoms with Crippen molar-refractivity contribution in [1.82, 2.24) is 18.8 Å². The number of nitrogens with zero attached hydrogens (tertiary/aromatic N) is 4. The minimum Gasteiger partial charge on any atom is -0.395 e. The number of aliphatic hydroxyl groups is 1. The number of sulfonamides is 1. The predicted molar refractivity (Wildman–Crippen MR) is 102 cm³/mol. The maximum Gasteiger partial charge on any atom is 0.243 e. The fraction of sp³-hybridized carbons (Fsp3) is 0.556. The number of hydrogen-bond donors (Lipinski definition) is 1. The van der Waals surface area contributed by atoms with Gasteiger partial charge in [0.05, 0.1) is 22.5 Å². The highest BCUT2D eigenvalue weighted by Gasteiger charge is 2.27. The molecule has 1 aromatic heterocycles. The van der Waals surface area contributed by atoms with Gasteiger partial charge in [0.2, 0.25) is 15.9 Å². The van der Waals surface area contributed by atoms with Crippen LogP contribution in [0.1, 0.15) is 25.1 Å². The van der Waals surface area contributed by atoms with Gasteiger partial charge in [0.15, 0.2) is 0 Å². The number of rotatable bonds is 7. The molecular formula is C18H26N4O4S. The molecule has 0 saturated carbocycles. The van der Waals surface area contributed by atoms with E-state index in [1.807, 2.05) is 11.6 Å².